The standard InChI is InChI=1S/C53H34N4O/c1-3-4-27-43-32(2)47-44(31-30-37-36-21-10-14-26-42(36)53(49(37)47)40-24-12-8-19-34(40)35-20-9-13-25-41(35)53)57(43)52-55-50(33-17-6-5-7-18-33)54-51(56-52)39-23-16-29-46-48(39)38-22-11-15-28-45(38)58-46/h3-31H,1H2,2H3/b27-4-. The molecule has 0 bridgehead atoms. The smallest absolute Gasteiger partial charge is 0.238 e. The first kappa shape index (κ1) is 32.6. The number of aromatic nitrogens is 4. The van der Waals surface area contributed by atoms with Gasteiger partial charge in [0.25, 0.3) is 0 Å². The minimum Gasteiger partial charge on any atom is -0.456 e. The lowest BCUT2D eigenvalue weighted by Gasteiger charge is -2.31. The zero-order valence-electron chi connectivity index (χ0n) is 31.6. The number of furan rings is 1. The van der Waals surface area contributed by atoms with E-state index in [1.165, 1.54) is 49.9 Å². The lowest BCUT2D eigenvalue weighted by molar-refractivity contribution is 0.669. The van der Waals surface area contributed by atoms with E-state index in [1.54, 1.807) is 0 Å². The van der Waals surface area contributed by atoms with E-state index in [0.717, 1.165) is 49.8 Å². The summed E-state index contributed by atoms with van der Waals surface area (Å²) < 4.78 is 8.56. The fourth-order valence-electron chi connectivity index (χ4n) is 10.0. The number of benzene rings is 7. The third kappa shape index (κ3) is 4.27. The molecule has 0 unspecified atom stereocenters. The molecule has 0 atom stereocenters. The van der Waals surface area contributed by atoms with E-state index in [0.29, 0.717) is 17.6 Å². The quantitative estimate of drug-likeness (QED) is 0.165. The van der Waals surface area contributed by atoms with Gasteiger partial charge in [0.15, 0.2) is 11.6 Å². The van der Waals surface area contributed by atoms with E-state index in [4.69, 9.17) is 19.4 Å². The van der Waals surface area contributed by atoms with E-state index in [-0.39, 0.29) is 0 Å². The molecule has 0 amide bonds. The maximum Gasteiger partial charge on any atom is 0.238 e. The number of rotatable bonds is 5. The van der Waals surface area contributed by atoms with Crippen molar-refractivity contribution in [3.05, 3.63) is 210 Å². The fourth-order valence-corrected chi connectivity index (χ4v) is 10.0. The van der Waals surface area contributed by atoms with Crippen molar-refractivity contribution in [2.45, 2.75) is 12.3 Å². The summed E-state index contributed by atoms with van der Waals surface area (Å²) in [6, 6.07) is 55.8. The topological polar surface area (TPSA) is 56.7 Å². The molecular weight excluding hydrogens is 709 g/mol. The van der Waals surface area contributed by atoms with E-state index < -0.39 is 5.41 Å². The summed E-state index contributed by atoms with van der Waals surface area (Å²) >= 11 is 0. The fraction of sp³-hybridized carbons (Fsp3) is 0.0377. The number of fused-ring (bicyclic) bond motifs is 15. The molecule has 0 saturated carbocycles. The molecule has 3 heterocycles. The largest absolute Gasteiger partial charge is 0.456 e. The van der Waals surface area contributed by atoms with Crippen molar-refractivity contribution in [1.82, 2.24) is 19.5 Å². The molecule has 58 heavy (non-hydrogen) atoms. The Balaban J connectivity index is 1.21. The van der Waals surface area contributed by atoms with Crippen LogP contribution >= 0.6 is 0 Å². The van der Waals surface area contributed by atoms with Crippen LogP contribution in [0.1, 0.15) is 33.5 Å². The Kier molecular flexibility index (Phi) is 6.85. The van der Waals surface area contributed by atoms with Gasteiger partial charge in [-0.05, 0) is 81.3 Å². The molecule has 272 valence electrons. The van der Waals surface area contributed by atoms with Gasteiger partial charge >= 0.3 is 0 Å². The van der Waals surface area contributed by atoms with Gasteiger partial charge in [0.1, 0.15) is 11.2 Å². The van der Waals surface area contributed by atoms with Crippen molar-refractivity contribution >= 4 is 38.9 Å². The monoisotopic (exact) mass is 742 g/mol. The Hall–Kier alpha value is -7.63. The zero-order valence-corrected chi connectivity index (χ0v) is 31.6. The molecule has 5 nitrogen and oxygen atoms in total. The molecule has 0 fully saturated rings. The molecule has 0 radical (unpaired) electrons. The first-order valence-electron chi connectivity index (χ1n) is 19.7. The lowest BCUT2D eigenvalue weighted by atomic mass is 9.69. The first-order valence-corrected chi connectivity index (χ1v) is 19.7. The predicted molar refractivity (Wildman–Crippen MR) is 235 cm³/mol. The third-order valence-electron chi connectivity index (χ3n) is 12.3. The van der Waals surface area contributed by atoms with Gasteiger partial charge in [0.05, 0.1) is 16.6 Å². The molecule has 5 heteroatoms. The molecule has 2 aliphatic rings. The normalized spacial score (nSPS) is 13.4. The summed E-state index contributed by atoms with van der Waals surface area (Å²) in [4.78, 5) is 15.9. The van der Waals surface area contributed by atoms with Crippen molar-refractivity contribution in [2.75, 3.05) is 0 Å². The Bertz CT molecular complexity index is 3320. The third-order valence-corrected chi connectivity index (χ3v) is 12.3. The van der Waals surface area contributed by atoms with Gasteiger partial charge in [-0.25, -0.2) is 4.98 Å². The highest BCUT2D eigenvalue weighted by atomic mass is 16.3. The molecule has 10 aromatic rings. The summed E-state index contributed by atoms with van der Waals surface area (Å²) in [5.41, 5.74) is 16.3. The minimum atomic E-state index is -0.521. The first-order chi connectivity index (χ1) is 28.7. The van der Waals surface area contributed by atoms with Crippen LogP contribution in [0.4, 0.5) is 0 Å². The van der Waals surface area contributed by atoms with E-state index in [9.17, 15) is 0 Å². The Morgan fingerprint density at radius 2 is 1.16 bits per heavy atom. The molecule has 0 aliphatic heterocycles. The summed E-state index contributed by atoms with van der Waals surface area (Å²) in [6.45, 7) is 6.30. The molecular formula is C53H34N4O. The Labute approximate surface area is 334 Å². The number of allylic oxidation sites excluding steroid dienone is 2. The van der Waals surface area contributed by atoms with Crippen molar-refractivity contribution in [2.24, 2.45) is 0 Å². The highest BCUT2D eigenvalue weighted by Crippen LogP contribution is 2.64. The molecule has 0 N–H and O–H groups in total. The van der Waals surface area contributed by atoms with Gasteiger partial charge in [-0.2, -0.15) is 9.97 Å². The van der Waals surface area contributed by atoms with Crippen LogP contribution in [-0.4, -0.2) is 19.5 Å². The van der Waals surface area contributed by atoms with E-state index in [2.05, 4.69) is 133 Å². The van der Waals surface area contributed by atoms with Gasteiger partial charge in [-0.1, -0.05) is 158 Å². The number of hydrogen-bond acceptors (Lipinski definition) is 4. The van der Waals surface area contributed by atoms with E-state index in [1.807, 2.05) is 60.7 Å². The maximum absolute atomic E-state index is 6.34. The van der Waals surface area contributed by atoms with Gasteiger partial charge < -0.3 is 4.42 Å². The number of para-hydroxylation sites is 1. The SMILES string of the molecule is C=C/C=C\c1c(C)c2c3c(ccc2n1-c1nc(-c2ccccc2)nc(-c2cccc4oc5ccccc5c24)n1)-c1ccccc1C31c2ccccc2-c2ccccc21. The minimum absolute atomic E-state index is 0.521. The van der Waals surface area contributed by atoms with Gasteiger partial charge in [-0.3, -0.25) is 4.57 Å². The number of aryl methyl sites for hydroxylation is 1. The summed E-state index contributed by atoms with van der Waals surface area (Å²) in [6.07, 6.45) is 5.96. The molecule has 3 aromatic heterocycles. The van der Waals surface area contributed by atoms with Crippen LogP contribution in [0.15, 0.2) is 181 Å². The number of nitrogens with zero attached hydrogens (tertiary/aromatic N) is 4. The summed E-state index contributed by atoms with van der Waals surface area (Å²) in [5, 5.41) is 3.19. The molecule has 12 rings (SSSR count). The van der Waals surface area contributed by atoms with Crippen LogP contribution in [0.25, 0.3) is 89.9 Å². The van der Waals surface area contributed by atoms with Gasteiger partial charge in [0.2, 0.25) is 5.95 Å². The van der Waals surface area contributed by atoms with Crippen LogP contribution < -0.4 is 0 Å². The van der Waals surface area contributed by atoms with Gasteiger partial charge in [-0.15, -0.1) is 0 Å². The Morgan fingerprint density at radius 1 is 0.552 bits per heavy atom. The van der Waals surface area contributed by atoms with E-state index >= 15 is 0 Å². The summed E-state index contributed by atoms with van der Waals surface area (Å²) in [7, 11) is 0. The van der Waals surface area contributed by atoms with Crippen LogP contribution in [0.3, 0.4) is 0 Å². The zero-order chi connectivity index (χ0) is 38.5. The average Bonchev–Trinajstić information content (AvgIpc) is 3.99. The maximum atomic E-state index is 6.34. The van der Waals surface area contributed by atoms with Crippen LogP contribution in [0.2, 0.25) is 0 Å². The number of hydrogen-bond donors (Lipinski definition) is 0. The van der Waals surface area contributed by atoms with Crippen LogP contribution in [0, 0.1) is 6.92 Å². The predicted octanol–water partition coefficient (Wildman–Crippen LogP) is 12.9. The van der Waals surface area contributed by atoms with Crippen LogP contribution in [-0.2, 0) is 5.41 Å². The highest BCUT2D eigenvalue weighted by molar-refractivity contribution is 6.12. The molecule has 2 aliphatic carbocycles. The second kappa shape index (κ2) is 12.2. The van der Waals surface area contributed by atoms with Crippen molar-refractivity contribution in [3.63, 3.8) is 0 Å². The van der Waals surface area contributed by atoms with Crippen LogP contribution in [0.5, 0.6) is 0 Å². The lowest BCUT2D eigenvalue weighted by Crippen LogP contribution is -2.26. The van der Waals surface area contributed by atoms with Gasteiger partial charge in [0, 0.05) is 27.3 Å². The molecule has 1 spiro atoms. The van der Waals surface area contributed by atoms with Crippen molar-refractivity contribution in [3.8, 4) is 51.0 Å². The van der Waals surface area contributed by atoms with Crippen molar-refractivity contribution < 1.29 is 4.42 Å². The van der Waals surface area contributed by atoms with Crippen molar-refractivity contribution in [1.29, 1.82) is 0 Å². The molecule has 7 aromatic carbocycles. The Morgan fingerprint density at radius 3 is 1.88 bits per heavy atom. The average molecular weight is 743 g/mol. The summed E-state index contributed by atoms with van der Waals surface area (Å²) in [5.74, 6) is 1.70. The molecule has 0 saturated heterocycles. The highest BCUT2D eigenvalue weighted by Gasteiger charge is 2.52. The second-order valence-corrected chi connectivity index (χ2v) is 15.1. The second-order valence-electron chi connectivity index (χ2n) is 15.1.